The van der Waals surface area contributed by atoms with E-state index in [9.17, 15) is 0 Å². The van der Waals surface area contributed by atoms with Gasteiger partial charge in [-0.3, -0.25) is 0 Å². The minimum absolute atomic E-state index is 0.104. The molecule has 1 aliphatic rings. The van der Waals surface area contributed by atoms with Crippen LogP contribution in [0.1, 0.15) is 39.5 Å². The minimum Gasteiger partial charge on any atom is -0.382 e. The predicted octanol–water partition coefficient (Wildman–Crippen LogP) is 1.98. The van der Waals surface area contributed by atoms with Gasteiger partial charge < -0.3 is 19.5 Å². The fourth-order valence-electron chi connectivity index (χ4n) is 2.52. The molecule has 0 radical (unpaired) electrons. The van der Waals surface area contributed by atoms with Gasteiger partial charge in [0.05, 0.1) is 25.4 Å². The number of rotatable bonds is 9. The van der Waals surface area contributed by atoms with Crippen molar-refractivity contribution in [3.05, 3.63) is 0 Å². The van der Waals surface area contributed by atoms with E-state index in [2.05, 4.69) is 19.2 Å². The van der Waals surface area contributed by atoms with Crippen LogP contribution in [-0.4, -0.2) is 51.7 Å². The monoisotopic (exact) mass is 259 g/mol. The van der Waals surface area contributed by atoms with E-state index in [1.165, 1.54) is 0 Å². The largest absolute Gasteiger partial charge is 0.382 e. The van der Waals surface area contributed by atoms with Gasteiger partial charge in [-0.1, -0.05) is 13.8 Å². The van der Waals surface area contributed by atoms with Crippen LogP contribution in [0.5, 0.6) is 0 Å². The predicted molar refractivity (Wildman–Crippen MR) is 73.0 cm³/mol. The number of ether oxygens (including phenoxy) is 3. The van der Waals surface area contributed by atoms with Gasteiger partial charge in [-0.2, -0.15) is 0 Å². The van der Waals surface area contributed by atoms with E-state index >= 15 is 0 Å². The molecule has 108 valence electrons. The second-order valence-corrected chi connectivity index (χ2v) is 4.99. The summed E-state index contributed by atoms with van der Waals surface area (Å²) in [6.07, 6.45) is 4.44. The second-order valence-electron chi connectivity index (χ2n) is 4.99. The molecule has 0 saturated carbocycles. The van der Waals surface area contributed by atoms with Crippen molar-refractivity contribution in [3.63, 3.8) is 0 Å². The highest BCUT2D eigenvalue weighted by molar-refractivity contribution is 4.87. The maximum atomic E-state index is 5.97. The molecule has 18 heavy (non-hydrogen) atoms. The Labute approximate surface area is 111 Å². The van der Waals surface area contributed by atoms with Crippen molar-refractivity contribution in [3.8, 4) is 0 Å². The zero-order valence-electron chi connectivity index (χ0n) is 12.2. The van der Waals surface area contributed by atoms with E-state index in [0.29, 0.717) is 19.3 Å². The van der Waals surface area contributed by atoms with Crippen molar-refractivity contribution < 1.29 is 14.2 Å². The number of hydrogen-bond acceptors (Lipinski definition) is 4. The van der Waals surface area contributed by atoms with Crippen molar-refractivity contribution in [2.75, 3.05) is 40.1 Å². The van der Waals surface area contributed by atoms with Gasteiger partial charge in [0.15, 0.2) is 0 Å². The molecule has 4 nitrogen and oxygen atoms in total. The molecule has 0 aromatic carbocycles. The molecule has 0 aromatic rings. The van der Waals surface area contributed by atoms with E-state index in [0.717, 1.165) is 45.4 Å². The second kappa shape index (κ2) is 8.86. The molecule has 0 spiro atoms. The summed E-state index contributed by atoms with van der Waals surface area (Å²) >= 11 is 0. The summed E-state index contributed by atoms with van der Waals surface area (Å²) in [5.41, 5.74) is 0.104. The van der Waals surface area contributed by atoms with Crippen molar-refractivity contribution in [1.29, 1.82) is 0 Å². The van der Waals surface area contributed by atoms with Crippen molar-refractivity contribution >= 4 is 0 Å². The lowest BCUT2D eigenvalue weighted by Gasteiger charge is -2.40. The third kappa shape index (κ3) is 5.22. The first-order chi connectivity index (χ1) is 8.76. The van der Waals surface area contributed by atoms with Crippen LogP contribution in [0.4, 0.5) is 0 Å². The molecule has 1 unspecified atom stereocenters. The van der Waals surface area contributed by atoms with Crippen molar-refractivity contribution in [2.45, 2.75) is 51.2 Å². The minimum atomic E-state index is 0.104. The lowest BCUT2D eigenvalue weighted by Crippen LogP contribution is -2.47. The van der Waals surface area contributed by atoms with Crippen LogP contribution in [0, 0.1) is 0 Å². The van der Waals surface area contributed by atoms with E-state index in [1.807, 2.05) is 0 Å². The van der Waals surface area contributed by atoms with Gasteiger partial charge in [0.25, 0.3) is 0 Å². The lowest BCUT2D eigenvalue weighted by atomic mass is 9.86. The smallest absolute Gasteiger partial charge is 0.0700 e. The number of hydrogen-bond donors (Lipinski definition) is 1. The normalized spacial score (nSPS) is 23.2. The van der Waals surface area contributed by atoms with Gasteiger partial charge in [-0.25, -0.2) is 0 Å². The number of methoxy groups -OCH3 is 1. The van der Waals surface area contributed by atoms with Crippen LogP contribution in [0.15, 0.2) is 0 Å². The van der Waals surface area contributed by atoms with Crippen LogP contribution in [0.3, 0.4) is 0 Å². The summed E-state index contributed by atoms with van der Waals surface area (Å²) in [6, 6.07) is 0.574. The molecule has 1 fully saturated rings. The van der Waals surface area contributed by atoms with Gasteiger partial charge in [0, 0.05) is 26.3 Å². The first-order valence-corrected chi connectivity index (χ1v) is 7.20. The molecular weight excluding hydrogens is 230 g/mol. The molecular formula is C14H29NO3. The Morgan fingerprint density at radius 2 is 2.00 bits per heavy atom. The Balaban J connectivity index is 2.14. The summed E-state index contributed by atoms with van der Waals surface area (Å²) in [5, 5.41) is 3.58. The first kappa shape index (κ1) is 15.9. The van der Waals surface area contributed by atoms with Crippen LogP contribution >= 0.6 is 0 Å². The van der Waals surface area contributed by atoms with Gasteiger partial charge in [0.1, 0.15) is 0 Å². The molecule has 1 N–H and O–H groups in total. The molecule has 0 bridgehead atoms. The van der Waals surface area contributed by atoms with E-state index in [4.69, 9.17) is 14.2 Å². The summed E-state index contributed by atoms with van der Waals surface area (Å²) in [4.78, 5) is 0. The van der Waals surface area contributed by atoms with Gasteiger partial charge in [-0.15, -0.1) is 0 Å². The zero-order chi connectivity index (χ0) is 13.3. The molecule has 1 heterocycles. The fraction of sp³-hybridized carbons (Fsp3) is 1.00. The Morgan fingerprint density at radius 1 is 1.22 bits per heavy atom. The molecule has 0 amide bonds. The summed E-state index contributed by atoms with van der Waals surface area (Å²) in [6.45, 7) is 8.35. The van der Waals surface area contributed by atoms with E-state index < -0.39 is 0 Å². The molecule has 1 saturated heterocycles. The summed E-state index contributed by atoms with van der Waals surface area (Å²) in [7, 11) is 1.69. The lowest BCUT2D eigenvalue weighted by molar-refractivity contribution is -0.0934. The Kier molecular flexibility index (Phi) is 7.82. The molecule has 1 aliphatic heterocycles. The summed E-state index contributed by atoms with van der Waals surface area (Å²) in [5.74, 6) is 0. The van der Waals surface area contributed by atoms with Crippen LogP contribution in [0.25, 0.3) is 0 Å². The maximum Gasteiger partial charge on any atom is 0.0700 e. The third-order valence-corrected chi connectivity index (χ3v) is 3.89. The van der Waals surface area contributed by atoms with E-state index in [-0.39, 0.29) is 5.60 Å². The van der Waals surface area contributed by atoms with Gasteiger partial charge in [0.2, 0.25) is 0 Å². The highest BCUT2D eigenvalue weighted by atomic mass is 16.5. The molecule has 0 aliphatic carbocycles. The highest BCUT2D eigenvalue weighted by Crippen LogP contribution is 2.31. The van der Waals surface area contributed by atoms with Gasteiger partial charge >= 0.3 is 0 Å². The Hall–Kier alpha value is -0.160. The van der Waals surface area contributed by atoms with Crippen LogP contribution < -0.4 is 5.32 Å². The number of nitrogens with one attached hydrogen (secondary N) is 1. The van der Waals surface area contributed by atoms with Crippen molar-refractivity contribution in [2.24, 2.45) is 0 Å². The van der Waals surface area contributed by atoms with Crippen molar-refractivity contribution in [1.82, 2.24) is 5.32 Å². The third-order valence-electron chi connectivity index (χ3n) is 3.89. The molecule has 1 atom stereocenters. The standard InChI is InChI=1S/C14H29NO3/c1-4-14(5-2)12-13(6-8-18-14)15-7-9-17-11-10-16-3/h13,15H,4-12H2,1-3H3. The fourth-order valence-corrected chi connectivity index (χ4v) is 2.52. The first-order valence-electron chi connectivity index (χ1n) is 7.20. The highest BCUT2D eigenvalue weighted by Gasteiger charge is 2.33. The Morgan fingerprint density at radius 3 is 2.67 bits per heavy atom. The molecule has 1 rings (SSSR count). The maximum absolute atomic E-state index is 5.97. The SMILES string of the molecule is CCC1(CC)CC(NCCOCCOC)CCO1. The van der Waals surface area contributed by atoms with Crippen LogP contribution in [-0.2, 0) is 14.2 Å². The van der Waals surface area contributed by atoms with E-state index in [1.54, 1.807) is 7.11 Å². The average molecular weight is 259 g/mol. The Bertz CT molecular complexity index is 207. The molecule has 4 heteroatoms. The van der Waals surface area contributed by atoms with Crippen LogP contribution in [0.2, 0.25) is 0 Å². The zero-order valence-corrected chi connectivity index (χ0v) is 12.2. The topological polar surface area (TPSA) is 39.7 Å². The van der Waals surface area contributed by atoms with Gasteiger partial charge in [-0.05, 0) is 25.7 Å². The average Bonchev–Trinajstić information content (AvgIpc) is 2.43. The quantitative estimate of drug-likeness (QED) is 0.643. The molecule has 0 aromatic heterocycles. The summed E-state index contributed by atoms with van der Waals surface area (Å²) < 4.78 is 16.3.